The lowest BCUT2D eigenvalue weighted by Crippen LogP contribution is -2.37. The van der Waals surface area contributed by atoms with E-state index in [2.05, 4.69) is 24.4 Å². The van der Waals surface area contributed by atoms with Crippen LogP contribution in [0.1, 0.15) is 18.1 Å². The molecule has 2 N–H and O–H groups in total. The number of aliphatic hydroxyl groups is 1. The number of rotatable bonds is 7. The number of hydrogen-bond acceptors (Lipinski definition) is 4. The molecule has 0 aliphatic rings. The predicted molar refractivity (Wildman–Crippen MR) is 78.4 cm³/mol. The van der Waals surface area contributed by atoms with Gasteiger partial charge in [0.15, 0.2) is 0 Å². The van der Waals surface area contributed by atoms with Crippen molar-refractivity contribution in [1.29, 1.82) is 0 Å². The van der Waals surface area contributed by atoms with E-state index >= 15 is 0 Å². The topological polar surface area (TPSA) is 41.5 Å². The highest BCUT2D eigenvalue weighted by molar-refractivity contribution is 7.99. The first kappa shape index (κ1) is 15.3. The van der Waals surface area contributed by atoms with Crippen LogP contribution in [-0.4, -0.2) is 36.4 Å². The van der Waals surface area contributed by atoms with E-state index in [9.17, 15) is 5.11 Å². The van der Waals surface area contributed by atoms with E-state index in [1.807, 2.05) is 19.2 Å². The fourth-order valence-corrected chi connectivity index (χ4v) is 2.55. The molecule has 4 heteroatoms. The Hall–Kier alpha value is -0.710. The Bertz CT molecular complexity index is 367. The van der Waals surface area contributed by atoms with Gasteiger partial charge in [-0.05, 0) is 37.3 Å². The van der Waals surface area contributed by atoms with Crippen molar-refractivity contribution in [3.8, 4) is 5.75 Å². The van der Waals surface area contributed by atoms with Gasteiger partial charge >= 0.3 is 0 Å². The van der Waals surface area contributed by atoms with E-state index in [0.717, 1.165) is 17.9 Å². The minimum atomic E-state index is 0.205. The monoisotopic (exact) mass is 269 g/mol. The second-order valence-corrected chi connectivity index (χ2v) is 5.51. The van der Waals surface area contributed by atoms with Crippen LogP contribution in [0.15, 0.2) is 18.2 Å². The van der Waals surface area contributed by atoms with Gasteiger partial charge in [0.2, 0.25) is 0 Å². The van der Waals surface area contributed by atoms with Crippen LogP contribution in [0, 0.1) is 6.92 Å². The second-order valence-electron chi connectivity index (χ2n) is 4.43. The van der Waals surface area contributed by atoms with Gasteiger partial charge in [0.25, 0.3) is 0 Å². The summed E-state index contributed by atoms with van der Waals surface area (Å²) in [6, 6.07) is 6.48. The second kappa shape index (κ2) is 7.67. The van der Waals surface area contributed by atoms with Crippen LogP contribution in [0.4, 0.5) is 0 Å². The first-order valence-corrected chi connectivity index (χ1v) is 7.41. The fourth-order valence-electron chi connectivity index (χ4n) is 1.90. The largest absolute Gasteiger partial charge is 0.496 e. The molecule has 3 nitrogen and oxygen atoms in total. The molecule has 18 heavy (non-hydrogen) atoms. The molecule has 2 unspecified atom stereocenters. The molecule has 0 spiro atoms. The maximum atomic E-state index is 9.23. The highest BCUT2D eigenvalue weighted by Crippen LogP contribution is 2.18. The average molecular weight is 269 g/mol. The lowest BCUT2D eigenvalue weighted by molar-refractivity contribution is 0.276. The van der Waals surface area contributed by atoms with Crippen LogP contribution in [0.3, 0.4) is 0 Å². The number of thioether (sulfide) groups is 1. The zero-order chi connectivity index (χ0) is 13.5. The fraction of sp³-hybridized carbons (Fsp3) is 0.571. The molecule has 0 aliphatic heterocycles. The number of aliphatic hydroxyl groups excluding tert-OH is 1. The molecular formula is C14H23NO2S. The highest BCUT2D eigenvalue weighted by Gasteiger charge is 2.14. The molecule has 0 aliphatic carbocycles. The van der Waals surface area contributed by atoms with Crippen LogP contribution in [-0.2, 0) is 6.54 Å². The summed E-state index contributed by atoms with van der Waals surface area (Å²) in [6.45, 7) is 5.16. The summed E-state index contributed by atoms with van der Waals surface area (Å²) in [5, 5.41) is 12.9. The summed E-state index contributed by atoms with van der Waals surface area (Å²) in [4.78, 5) is 0. The lowest BCUT2D eigenvalue weighted by Gasteiger charge is -2.21. The Morgan fingerprint density at radius 3 is 2.67 bits per heavy atom. The predicted octanol–water partition coefficient (Wildman–Crippen LogP) is 2.21. The minimum Gasteiger partial charge on any atom is -0.496 e. The van der Waals surface area contributed by atoms with E-state index in [1.54, 1.807) is 18.9 Å². The van der Waals surface area contributed by atoms with Crippen molar-refractivity contribution in [3.05, 3.63) is 29.3 Å². The number of hydrogen-bond donors (Lipinski definition) is 2. The van der Waals surface area contributed by atoms with Gasteiger partial charge in [-0.15, -0.1) is 0 Å². The zero-order valence-corrected chi connectivity index (χ0v) is 12.4. The summed E-state index contributed by atoms with van der Waals surface area (Å²) >= 11 is 1.69. The van der Waals surface area contributed by atoms with Gasteiger partial charge in [0.1, 0.15) is 5.75 Å². The summed E-state index contributed by atoms with van der Waals surface area (Å²) in [5.41, 5.74) is 2.38. The first-order chi connectivity index (χ1) is 8.62. The molecule has 0 aromatic heterocycles. The van der Waals surface area contributed by atoms with Crippen molar-refractivity contribution in [2.24, 2.45) is 0 Å². The summed E-state index contributed by atoms with van der Waals surface area (Å²) < 4.78 is 5.24. The zero-order valence-electron chi connectivity index (χ0n) is 11.6. The number of aryl methyl sites for hydroxylation is 1. The molecule has 2 atom stereocenters. The quantitative estimate of drug-likeness (QED) is 0.796. The first-order valence-electron chi connectivity index (χ1n) is 6.13. The standard InChI is InChI=1S/C14H23NO2S/c1-10-7-12(5-6-13(10)17-3)8-15-11(2)14(9-16)18-4/h5-7,11,14-16H,8-9H2,1-4H3. The molecule has 1 rings (SSSR count). The van der Waals surface area contributed by atoms with Gasteiger partial charge in [-0.1, -0.05) is 12.1 Å². The van der Waals surface area contributed by atoms with Crippen molar-refractivity contribution < 1.29 is 9.84 Å². The van der Waals surface area contributed by atoms with Crippen molar-refractivity contribution >= 4 is 11.8 Å². The van der Waals surface area contributed by atoms with E-state index in [1.165, 1.54) is 5.56 Å². The Kier molecular flexibility index (Phi) is 6.54. The van der Waals surface area contributed by atoms with Crippen LogP contribution >= 0.6 is 11.8 Å². The average Bonchev–Trinajstić information content (AvgIpc) is 2.38. The van der Waals surface area contributed by atoms with E-state index < -0.39 is 0 Å². The smallest absolute Gasteiger partial charge is 0.121 e. The van der Waals surface area contributed by atoms with Gasteiger partial charge in [0, 0.05) is 17.8 Å². The molecule has 0 saturated carbocycles. The summed E-state index contributed by atoms with van der Waals surface area (Å²) in [7, 11) is 1.69. The molecular weight excluding hydrogens is 246 g/mol. The van der Waals surface area contributed by atoms with E-state index in [0.29, 0.717) is 0 Å². The SMILES string of the molecule is COc1ccc(CNC(C)C(CO)SC)cc1C. The van der Waals surface area contributed by atoms with E-state index in [-0.39, 0.29) is 17.9 Å². The van der Waals surface area contributed by atoms with Crippen LogP contribution in [0.25, 0.3) is 0 Å². The molecule has 102 valence electrons. The molecule has 0 saturated heterocycles. The maximum Gasteiger partial charge on any atom is 0.121 e. The van der Waals surface area contributed by atoms with Crippen LogP contribution < -0.4 is 10.1 Å². The lowest BCUT2D eigenvalue weighted by atomic mass is 10.1. The van der Waals surface area contributed by atoms with E-state index in [4.69, 9.17) is 4.74 Å². The maximum absolute atomic E-state index is 9.23. The van der Waals surface area contributed by atoms with Gasteiger partial charge in [-0.3, -0.25) is 0 Å². The third kappa shape index (κ3) is 4.19. The number of ether oxygens (including phenoxy) is 1. The molecule has 0 bridgehead atoms. The number of benzene rings is 1. The third-order valence-electron chi connectivity index (χ3n) is 3.13. The Morgan fingerprint density at radius 1 is 1.44 bits per heavy atom. The van der Waals surface area contributed by atoms with Gasteiger partial charge in [0.05, 0.1) is 13.7 Å². The van der Waals surface area contributed by atoms with Crippen molar-refractivity contribution in [3.63, 3.8) is 0 Å². The molecule has 1 aromatic carbocycles. The van der Waals surface area contributed by atoms with Crippen molar-refractivity contribution in [2.75, 3.05) is 20.0 Å². The Balaban J connectivity index is 2.55. The summed E-state index contributed by atoms with van der Waals surface area (Å²) in [5.74, 6) is 0.921. The number of methoxy groups -OCH3 is 1. The van der Waals surface area contributed by atoms with Crippen LogP contribution in [0.5, 0.6) is 5.75 Å². The molecule has 1 aromatic rings. The van der Waals surface area contributed by atoms with Gasteiger partial charge in [-0.25, -0.2) is 0 Å². The van der Waals surface area contributed by atoms with Crippen molar-refractivity contribution in [2.45, 2.75) is 31.7 Å². The van der Waals surface area contributed by atoms with Crippen molar-refractivity contribution in [1.82, 2.24) is 5.32 Å². The third-order valence-corrected chi connectivity index (χ3v) is 4.29. The highest BCUT2D eigenvalue weighted by atomic mass is 32.2. The Morgan fingerprint density at radius 2 is 2.17 bits per heavy atom. The molecule has 0 amide bonds. The van der Waals surface area contributed by atoms with Gasteiger partial charge in [-0.2, -0.15) is 11.8 Å². The molecule has 0 heterocycles. The van der Waals surface area contributed by atoms with Crippen LogP contribution in [0.2, 0.25) is 0 Å². The normalized spacial score (nSPS) is 14.3. The summed E-state index contributed by atoms with van der Waals surface area (Å²) in [6.07, 6.45) is 2.02. The van der Waals surface area contributed by atoms with Gasteiger partial charge < -0.3 is 15.2 Å². The minimum absolute atomic E-state index is 0.205. The number of nitrogens with one attached hydrogen (secondary N) is 1. The molecule has 0 radical (unpaired) electrons. The Labute approximate surface area is 114 Å². The molecule has 0 fully saturated rings.